The fourth-order valence-electron chi connectivity index (χ4n) is 2.81. The minimum absolute atomic E-state index is 0.152. The Labute approximate surface area is 142 Å². The van der Waals surface area contributed by atoms with E-state index >= 15 is 0 Å². The van der Waals surface area contributed by atoms with Gasteiger partial charge in [0, 0.05) is 10.4 Å². The number of benzene rings is 1. The zero-order valence-corrected chi connectivity index (χ0v) is 14.6. The second-order valence-electron chi connectivity index (χ2n) is 6.71. The average Bonchev–Trinajstić information content (AvgIpc) is 3.22. The summed E-state index contributed by atoms with van der Waals surface area (Å²) in [6.45, 7) is 4.40. The molecule has 2 aromatic rings. The van der Waals surface area contributed by atoms with Crippen LogP contribution >= 0.6 is 15.9 Å². The largest absolute Gasteiger partial charge is 0.484 e. The molecule has 0 bridgehead atoms. The van der Waals surface area contributed by atoms with Gasteiger partial charge in [0.05, 0.1) is 12.2 Å². The van der Waals surface area contributed by atoms with Gasteiger partial charge in [-0.3, -0.25) is 9.69 Å². The van der Waals surface area contributed by atoms with E-state index in [2.05, 4.69) is 20.9 Å². The van der Waals surface area contributed by atoms with Gasteiger partial charge in [-0.2, -0.15) is 0 Å². The van der Waals surface area contributed by atoms with E-state index in [9.17, 15) is 4.79 Å². The standard InChI is InChI=1S/C17H17BrN2O3/c1-17(2)9-20(13-6-5-11(18)7-14(13)23-17)16(21)12-8-22-15(19-12)10-3-4-10/h5-8,10H,3-4,9H2,1-2H3. The fourth-order valence-corrected chi connectivity index (χ4v) is 3.15. The lowest BCUT2D eigenvalue weighted by Crippen LogP contribution is -2.49. The summed E-state index contributed by atoms with van der Waals surface area (Å²) in [5.41, 5.74) is 0.652. The topological polar surface area (TPSA) is 55.6 Å². The molecule has 0 saturated heterocycles. The smallest absolute Gasteiger partial charge is 0.280 e. The van der Waals surface area contributed by atoms with Gasteiger partial charge in [-0.15, -0.1) is 0 Å². The summed E-state index contributed by atoms with van der Waals surface area (Å²) in [7, 11) is 0. The summed E-state index contributed by atoms with van der Waals surface area (Å²) < 4.78 is 12.4. The molecule has 0 spiro atoms. The molecule has 1 aromatic heterocycles. The van der Waals surface area contributed by atoms with Crippen LogP contribution < -0.4 is 9.64 Å². The van der Waals surface area contributed by atoms with Crippen molar-refractivity contribution in [1.29, 1.82) is 0 Å². The number of amides is 1. The average molecular weight is 377 g/mol. The van der Waals surface area contributed by atoms with Gasteiger partial charge in [0.15, 0.2) is 11.6 Å². The molecule has 5 nitrogen and oxygen atoms in total. The maximum Gasteiger partial charge on any atom is 0.280 e. The highest BCUT2D eigenvalue weighted by atomic mass is 79.9. The van der Waals surface area contributed by atoms with Crippen LogP contribution in [0.15, 0.2) is 33.4 Å². The van der Waals surface area contributed by atoms with E-state index in [1.54, 1.807) is 4.90 Å². The lowest BCUT2D eigenvalue weighted by atomic mass is 10.0. The molecule has 23 heavy (non-hydrogen) atoms. The van der Waals surface area contributed by atoms with Gasteiger partial charge in [-0.05, 0) is 44.9 Å². The molecular weight excluding hydrogens is 360 g/mol. The van der Waals surface area contributed by atoms with Crippen LogP contribution in [-0.2, 0) is 0 Å². The van der Waals surface area contributed by atoms with Crippen molar-refractivity contribution in [3.8, 4) is 5.75 Å². The molecule has 1 aliphatic heterocycles. The quantitative estimate of drug-likeness (QED) is 0.790. The number of carbonyl (C=O) groups excluding carboxylic acids is 1. The number of aromatic nitrogens is 1. The van der Waals surface area contributed by atoms with Gasteiger partial charge < -0.3 is 9.15 Å². The first-order valence-electron chi connectivity index (χ1n) is 7.69. The summed E-state index contributed by atoms with van der Waals surface area (Å²) in [6.07, 6.45) is 3.65. The first kappa shape index (κ1) is 14.8. The normalized spacial score (nSPS) is 19.2. The van der Waals surface area contributed by atoms with Crippen LogP contribution in [0.1, 0.15) is 49.0 Å². The third-order valence-corrected chi connectivity index (χ3v) is 4.54. The molecule has 1 aliphatic carbocycles. The maximum atomic E-state index is 12.9. The van der Waals surface area contributed by atoms with E-state index in [4.69, 9.17) is 9.15 Å². The van der Waals surface area contributed by atoms with E-state index in [1.165, 1.54) is 6.26 Å². The SMILES string of the molecule is CC1(C)CN(C(=O)c2coc(C3CC3)n2)c2ccc(Br)cc2O1. The molecule has 6 heteroatoms. The van der Waals surface area contributed by atoms with E-state index in [-0.39, 0.29) is 5.91 Å². The highest BCUT2D eigenvalue weighted by molar-refractivity contribution is 9.10. The Bertz CT molecular complexity index is 780. The van der Waals surface area contributed by atoms with Gasteiger partial charge in [-0.1, -0.05) is 15.9 Å². The summed E-state index contributed by atoms with van der Waals surface area (Å²) in [6, 6.07) is 5.67. The van der Waals surface area contributed by atoms with Crippen molar-refractivity contribution in [2.45, 2.75) is 38.2 Å². The van der Waals surface area contributed by atoms with Crippen LogP contribution in [0.3, 0.4) is 0 Å². The van der Waals surface area contributed by atoms with Gasteiger partial charge in [0.2, 0.25) is 0 Å². The molecular formula is C17H17BrN2O3. The molecule has 120 valence electrons. The zero-order valence-electron chi connectivity index (χ0n) is 13.0. The number of rotatable bonds is 2. The Balaban J connectivity index is 1.70. The Morgan fingerprint density at radius 1 is 1.39 bits per heavy atom. The molecule has 2 aliphatic rings. The van der Waals surface area contributed by atoms with Crippen molar-refractivity contribution in [2.24, 2.45) is 0 Å². The Hall–Kier alpha value is -1.82. The van der Waals surface area contributed by atoms with Crippen molar-refractivity contribution in [1.82, 2.24) is 4.98 Å². The van der Waals surface area contributed by atoms with Gasteiger partial charge >= 0.3 is 0 Å². The fraction of sp³-hybridized carbons (Fsp3) is 0.412. The number of anilines is 1. The van der Waals surface area contributed by atoms with E-state index in [0.717, 1.165) is 23.0 Å². The molecule has 2 heterocycles. The van der Waals surface area contributed by atoms with Crippen molar-refractivity contribution in [2.75, 3.05) is 11.4 Å². The van der Waals surface area contributed by atoms with Crippen molar-refractivity contribution in [3.63, 3.8) is 0 Å². The molecule has 1 saturated carbocycles. The van der Waals surface area contributed by atoms with Gasteiger partial charge in [-0.25, -0.2) is 4.98 Å². The molecule has 1 amide bonds. The Kier molecular flexibility index (Phi) is 3.27. The second-order valence-corrected chi connectivity index (χ2v) is 7.63. The molecule has 1 aromatic carbocycles. The number of oxazole rings is 1. The second kappa shape index (κ2) is 5.09. The Morgan fingerprint density at radius 3 is 2.91 bits per heavy atom. The van der Waals surface area contributed by atoms with Crippen LogP contribution in [0.4, 0.5) is 5.69 Å². The minimum atomic E-state index is -0.466. The molecule has 0 N–H and O–H groups in total. The number of nitrogens with zero attached hydrogens (tertiary/aromatic N) is 2. The predicted molar refractivity (Wildman–Crippen MR) is 89.0 cm³/mol. The van der Waals surface area contributed by atoms with Crippen molar-refractivity contribution < 1.29 is 13.9 Å². The van der Waals surface area contributed by atoms with Gasteiger partial charge in [0.25, 0.3) is 5.91 Å². The lowest BCUT2D eigenvalue weighted by molar-refractivity contribution is 0.0833. The number of halogens is 1. The molecule has 0 unspecified atom stereocenters. The van der Waals surface area contributed by atoms with Crippen molar-refractivity contribution >= 4 is 27.5 Å². The first-order valence-corrected chi connectivity index (χ1v) is 8.48. The highest BCUT2D eigenvalue weighted by Gasteiger charge is 2.37. The monoisotopic (exact) mass is 376 g/mol. The Morgan fingerprint density at radius 2 is 2.17 bits per heavy atom. The van der Waals surface area contributed by atoms with Crippen LogP contribution in [-0.4, -0.2) is 23.0 Å². The summed E-state index contributed by atoms with van der Waals surface area (Å²) in [5.74, 6) is 1.60. The van der Waals surface area contributed by atoms with Crippen LogP contribution in [0.5, 0.6) is 5.75 Å². The first-order chi connectivity index (χ1) is 10.9. The third kappa shape index (κ3) is 2.76. The van der Waals surface area contributed by atoms with Crippen molar-refractivity contribution in [3.05, 3.63) is 40.5 Å². The van der Waals surface area contributed by atoms with Gasteiger partial charge in [0.1, 0.15) is 17.6 Å². The number of hydrogen-bond acceptors (Lipinski definition) is 4. The maximum absolute atomic E-state index is 12.9. The van der Waals surface area contributed by atoms with E-state index in [0.29, 0.717) is 29.8 Å². The number of fused-ring (bicyclic) bond motifs is 1. The van der Waals surface area contributed by atoms with E-state index in [1.807, 2.05) is 32.0 Å². The minimum Gasteiger partial charge on any atom is -0.484 e. The predicted octanol–water partition coefficient (Wildman–Crippen LogP) is 4.13. The zero-order chi connectivity index (χ0) is 16.2. The lowest BCUT2D eigenvalue weighted by Gasteiger charge is -2.39. The number of hydrogen-bond donors (Lipinski definition) is 0. The highest BCUT2D eigenvalue weighted by Crippen LogP contribution is 2.41. The third-order valence-electron chi connectivity index (χ3n) is 4.05. The summed E-state index contributed by atoms with van der Waals surface area (Å²) in [4.78, 5) is 19.0. The van der Waals surface area contributed by atoms with E-state index < -0.39 is 5.60 Å². The molecule has 0 atom stereocenters. The van der Waals surface area contributed by atoms with Crippen LogP contribution in [0.2, 0.25) is 0 Å². The molecule has 1 fully saturated rings. The summed E-state index contributed by atoms with van der Waals surface area (Å²) >= 11 is 3.45. The molecule has 4 rings (SSSR count). The van der Waals surface area contributed by atoms with Crippen LogP contribution in [0.25, 0.3) is 0 Å². The van der Waals surface area contributed by atoms with Crippen LogP contribution in [0, 0.1) is 0 Å². The summed E-state index contributed by atoms with van der Waals surface area (Å²) in [5, 5.41) is 0. The number of ether oxygens (including phenoxy) is 1. The number of carbonyl (C=O) groups is 1. The molecule has 0 radical (unpaired) electrons.